The number of ether oxygens (including phenoxy) is 4. The highest BCUT2D eigenvalue weighted by Gasteiger charge is 2.40. The van der Waals surface area contributed by atoms with E-state index >= 15 is 4.39 Å². The molecule has 4 aromatic carbocycles. The van der Waals surface area contributed by atoms with E-state index in [0.717, 1.165) is 47.5 Å². The summed E-state index contributed by atoms with van der Waals surface area (Å²) >= 11 is 6.31. The summed E-state index contributed by atoms with van der Waals surface area (Å²) in [6.45, 7) is 5.95. The van der Waals surface area contributed by atoms with Crippen LogP contribution in [-0.2, 0) is 39.7 Å². The standard InChI is InChI=1S/C47H55ClFN3O7S/c1-32(33(2)60(54,55)52(26-34-8-15-41(56-3)16-9-34)27-35-10-17-42(57-4)18-11-35)7-14-39(49)28-51-23-21-40(51)29-58-46(53)37-12-20-45-44(25-37)50-30-47(31-59-45)22-5-6-36-24-38(48)13-19-43(36)47/h8-20,24-25,32-33,40,50H,5-7,21-23,26-31H2,1-4H3/t32-,33+,40-,47?/m0/s1. The number of anilines is 1. The first-order chi connectivity index (χ1) is 28.9. The summed E-state index contributed by atoms with van der Waals surface area (Å²) in [5.41, 5.74) is 5.14. The molecule has 2 aliphatic heterocycles. The third kappa shape index (κ3) is 9.94. The normalized spacial score (nSPS) is 20.1. The number of aryl methyl sites for hydroxylation is 1. The number of allylic oxidation sites excluding steroid dienone is 1. The summed E-state index contributed by atoms with van der Waals surface area (Å²) in [6, 6.07) is 26.0. The molecule has 1 N–H and O–H groups in total. The SMILES string of the molecule is COc1ccc(CN(Cc2ccc(OC)cc2)S(=O)(=O)[C@H](C)[C@@H](C)CC=C(F)CN2CC[C@H]2COC(=O)c2ccc3c(c2)NCC2(CCCc4cc(Cl)ccc42)CO3)cc1. The maximum absolute atomic E-state index is 15.4. The Morgan fingerprint density at radius 1 is 1.00 bits per heavy atom. The second kappa shape index (κ2) is 19.0. The first-order valence-corrected chi connectivity index (χ1v) is 22.6. The van der Waals surface area contributed by atoms with Crippen LogP contribution in [0.4, 0.5) is 10.1 Å². The Kier molecular flexibility index (Phi) is 13.7. The van der Waals surface area contributed by atoms with E-state index in [-0.39, 0.29) is 55.9 Å². The minimum atomic E-state index is -3.82. The largest absolute Gasteiger partial charge is 0.497 e. The third-order valence-electron chi connectivity index (χ3n) is 12.5. The lowest BCUT2D eigenvalue weighted by molar-refractivity contribution is 0.0107. The molecule has 4 atom stereocenters. The quantitative estimate of drug-likeness (QED) is 0.111. The van der Waals surface area contributed by atoms with E-state index in [2.05, 4.69) is 17.4 Å². The molecule has 60 heavy (non-hydrogen) atoms. The van der Waals surface area contributed by atoms with E-state index in [4.69, 9.17) is 30.5 Å². The number of hydrogen-bond donors (Lipinski definition) is 1. The Hall–Kier alpha value is -4.62. The van der Waals surface area contributed by atoms with E-state index in [9.17, 15) is 13.2 Å². The topological polar surface area (TPSA) is 107 Å². The van der Waals surface area contributed by atoms with Gasteiger partial charge < -0.3 is 24.3 Å². The number of nitrogens with zero attached hydrogens (tertiary/aromatic N) is 2. The van der Waals surface area contributed by atoms with Crippen LogP contribution in [0.15, 0.2) is 96.8 Å². The highest BCUT2D eigenvalue weighted by atomic mass is 35.5. The number of hydrogen-bond acceptors (Lipinski definition) is 9. The van der Waals surface area contributed by atoms with Gasteiger partial charge in [-0.1, -0.05) is 54.9 Å². The first-order valence-electron chi connectivity index (χ1n) is 20.7. The molecule has 0 bridgehead atoms. The summed E-state index contributed by atoms with van der Waals surface area (Å²) in [5, 5.41) is 3.51. The number of carbonyl (C=O) groups excluding carboxylic acids is 1. The second-order valence-electron chi connectivity index (χ2n) is 16.4. The number of sulfonamides is 1. The van der Waals surface area contributed by atoms with Crippen LogP contribution >= 0.6 is 11.6 Å². The van der Waals surface area contributed by atoms with E-state index < -0.39 is 21.2 Å². The van der Waals surface area contributed by atoms with Gasteiger partial charge in [0.15, 0.2) is 0 Å². The van der Waals surface area contributed by atoms with Crippen LogP contribution in [-0.4, -0.2) is 82.0 Å². The molecule has 1 fully saturated rings. The maximum Gasteiger partial charge on any atom is 0.338 e. The van der Waals surface area contributed by atoms with Gasteiger partial charge in [-0.15, -0.1) is 0 Å². The molecule has 1 aliphatic carbocycles. The summed E-state index contributed by atoms with van der Waals surface area (Å²) in [5.74, 6) is 0.908. The van der Waals surface area contributed by atoms with Crippen molar-refractivity contribution in [3.8, 4) is 17.2 Å². The van der Waals surface area contributed by atoms with Gasteiger partial charge in [0.2, 0.25) is 10.0 Å². The van der Waals surface area contributed by atoms with Crippen LogP contribution in [0.25, 0.3) is 0 Å². The zero-order chi connectivity index (χ0) is 42.4. The number of nitrogens with one attached hydrogen (secondary N) is 1. The molecule has 0 saturated carbocycles. The van der Waals surface area contributed by atoms with E-state index in [1.54, 1.807) is 33.3 Å². The predicted octanol–water partition coefficient (Wildman–Crippen LogP) is 8.97. The molecule has 3 aliphatic rings. The number of methoxy groups -OCH3 is 2. The van der Waals surface area contributed by atoms with Crippen molar-refractivity contribution >= 4 is 33.3 Å². The van der Waals surface area contributed by atoms with Gasteiger partial charge in [0.1, 0.15) is 29.7 Å². The molecular formula is C47H55ClFN3O7S. The minimum absolute atomic E-state index is 0.0638. The Morgan fingerprint density at radius 2 is 1.68 bits per heavy atom. The lowest BCUT2D eigenvalue weighted by Crippen LogP contribution is -2.51. The molecule has 13 heteroatoms. The number of esters is 1. The fraction of sp³-hybridized carbons (Fsp3) is 0.426. The Labute approximate surface area is 358 Å². The van der Waals surface area contributed by atoms with E-state index in [1.807, 2.05) is 72.5 Å². The molecule has 1 unspecified atom stereocenters. The van der Waals surface area contributed by atoms with Crippen molar-refractivity contribution < 1.29 is 36.6 Å². The van der Waals surface area contributed by atoms with Gasteiger partial charge in [0, 0.05) is 42.7 Å². The second-order valence-corrected chi connectivity index (χ2v) is 19.1. The highest BCUT2D eigenvalue weighted by Crippen LogP contribution is 2.42. The van der Waals surface area contributed by atoms with Crippen molar-refractivity contribution in [3.05, 3.63) is 130 Å². The summed E-state index contributed by atoms with van der Waals surface area (Å²) in [6.07, 6.45) is 5.54. The summed E-state index contributed by atoms with van der Waals surface area (Å²) < 4.78 is 67.9. The molecule has 0 amide bonds. The van der Waals surface area contributed by atoms with E-state index in [1.165, 1.54) is 21.5 Å². The molecule has 10 nitrogen and oxygen atoms in total. The van der Waals surface area contributed by atoms with Crippen molar-refractivity contribution in [2.45, 2.75) is 75.7 Å². The molecule has 1 saturated heterocycles. The average Bonchev–Trinajstić information content (AvgIpc) is 3.43. The zero-order valence-corrected chi connectivity index (χ0v) is 36.4. The predicted molar refractivity (Wildman–Crippen MR) is 233 cm³/mol. The summed E-state index contributed by atoms with van der Waals surface area (Å²) in [7, 11) is -0.647. The Morgan fingerprint density at radius 3 is 2.32 bits per heavy atom. The van der Waals surface area contributed by atoms with Crippen LogP contribution in [0, 0.1) is 5.92 Å². The van der Waals surface area contributed by atoms with E-state index in [0.29, 0.717) is 42.5 Å². The third-order valence-corrected chi connectivity index (χ3v) is 15.1. The van der Waals surface area contributed by atoms with Gasteiger partial charge in [-0.2, -0.15) is 4.31 Å². The number of halogens is 2. The lowest BCUT2D eigenvalue weighted by Gasteiger charge is -2.40. The van der Waals surface area contributed by atoms with Crippen LogP contribution in [0.5, 0.6) is 17.2 Å². The van der Waals surface area contributed by atoms with Crippen molar-refractivity contribution in [2.75, 3.05) is 52.4 Å². The first kappa shape index (κ1) is 43.5. The smallest absolute Gasteiger partial charge is 0.338 e. The lowest BCUT2D eigenvalue weighted by atomic mass is 9.70. The number of fused-ring (bicyclic) bond motifs is 3. The highest BCUT2D eigenvalue weighted by molar-refractivity contribution is 7.89. The fourth-order valence-corrected chi connectivity index (χ4v) is 10.4. The number of likely N-dealkylation sites (tertiary alicyclic amines) is 1. The van der Waals surface area contributed by atoms with Crippen molar-refractivity contribution in [1.82, 2.24) is 9.21 Å². The van der Waals surface area contributed by atoms with Crippen molar-refractivity contribution in [3.63, 3.8) is 0 Å². The van der Waals surface area contributed by atoms with Crippen LogP contribution < -0.4 is 19.5 Å². The average molecular weight is 860 g/mol. The maximum atomic E-state index is 15.4. The van der Waals surface area contributed by atoms with Gasteiger partial charge in [-0.3, -0.25) is 4.90 Å². The molecule has 320 valence electrons. The molecule has 0 radical (unpaired) electrons. The van der Waals surface area contributed by atoms with Gasteiger partial charge in [-0.25, -0.2) is 17.6 Å². The molecule has 4 aromatic rings. The molecular weight excluding hydrogens is 805 g/mol. The van der Waals surface area contributed by atoms with Crippen molar-refractivity contribution in [2.24, 2.45) is 5.92 Å². The molecule has 0 aromatic heterocycles. The van der Waals surface area contributed by atoms with Gasteiger partial charge in [0.25, 0.3) is 0 Å². The van der Waals surface area contributed by atoms with Crippen LogP contribution in [0.3, 0.4) is 0 Å². The molecule has 1 spiro atoms. The summed E-state index contributed by atoms with van der Waals surface area (Å²) in [4.78, 5) is 15.2. The van der Waals surface area contributed by atoms with Gasteiger partial charge in [0.05, 0.1) is 43.9 Å². The fourth-order valence-electron chi connectivity index (χ4n) is 8.37. The molecule has 7 rings (SSSR count). The van der Waals surface area contributed by atoms with Crippen LogP contribution in [0.2, 0.25) is 5.02 Å². The molecule has 2 heterocycles. The minimum Gasteiger partial charge on any atom is -0.497 e. The zero-order valence-electron chi connectivity index (χ0n) is 34.8. The Bertz CT molecular complexity index is 2220. The Balaban J connectivity index is 0.917. The number of carbonyl (C=O) groups is 1. The monoisotopic (exact) mass is 859 g/mol. The van der Waals surface area contributed by atoms with Gasteiger partial charge >= 0.3 is 5.97 Å². The number of benzene rings is 4. The van der Waals surface area contributed by atoms with Crippen LogP contribution in [0.1, 0.15) is 72.1 Å². The van der Waals surface area contributed by atoms with Gasteiger partial charge in [-0.05, 0) is 122 Å². The number of rotatable bonds is 16. The van der Waals surface area contributed by atoms with Crippen molar-refractivity contribution in [1.29, 1.82) is 0 Å².